The summed E-state index contributed by atoms with van der Waals surface area (Å²) in [6, 6.07) is 16.3. The zero-order chi connectivity index (χ0) is 21.7. The molecule has 1 aliphatic heterocycles. The molecule has 2 aromatic carbocycles. The van der Waals surface area contributed by atoms with Gasteiger partial charge >= 0.3 is 0 Å². The molecule has 6 nitrogen and oxygen atoms in total. The smallest absolute Gasteiger partial charge is 0.226 e. The highest BCUT2D eigenvalue weighted by Gasteiger charge is 2.33. The average Bonchev–Trinajstić information content (AvgIpc) is 3.52. The minimum atomic E-state index is -0.0611. The summed E-state index contributed by atoms with van der Waals surface area (Å²) in [7, 11) is 0. The molecule has 1 saturated carbocycles. The Morgan fingerprint density at radius 2 is 1.97 bits per heavy atom. The van der Waals surface area contributed by atoms with Crippen molar-refractivity contribution in [1.29, 1.82) is 0 Å². The van der Waals surface area contributed by atoms with Crippen LogP contribution < -0.4 is 10.1 Å². The van der Waals surface area contributed by atoms with E-state index in [2.05, 4.69) is 23.5 Å². The van der Waals surface area contributed by atoms with Crippen LogP contribution in [0.15, 0.2) is 48.5 Å². The second kappa shape index (κ2) is 7.74. The number of aromatic nitrogens is 3. The summed E-state index contributed by atoms with van der Waals surface area (Å²) < 4.78 is 9.12. The van der Waals surface area contributed by atoms with E-state index in [4.69, 9.17) is 14.8 Å². The lowest BCUT2D eigenvalue weighted by molar-refractivity contribution is -0.116. The summed E-state index contributed by atoms with van der Waals surface area (Å²) >= 11 is 1.57. The van der Waals surface area contributed by atoms with Crippen LogP contribution in [0, 0.1) is 6.92 Å². The van der Waals surface area contributed by atoms with Crippen LogP contribution in [-0.2, 0) is 4.79 Å². The number of benzene rings is 2. The monoisotopic (exact) mass is 444 g/mol. The van der Waals surface area contributed by atoms with Crippen molar-refractivity contribution in [2.45, 2.75) is 51.0 Å². The van der Waals surface area contributed by atoms with Gasteiger partial charge in [-0.1, -0.05) is 35.6 Å². The molecule has 2 aromatic heterocycles. The summed E-state index contributed by atoms with van der Waals surface area (Å²) in [6.45, 7) is 2.01. The van der Waals surface area contributed by atoms with E-state index in [1.807, 2.05) is 37.3 Å². The van der Waals surface area contributed by atoms with Crippen molar-refractivity contribution in [2.75, 3.05) is 5.32 Å². The highest BCUT2D eigenvalue weighted by atomic mass is 32.1. The second-order valence-electron chi connectivity index (χ2n) is 8.63. The molecule has 0 radical (unpaired) electrons. The Hall–Kier alpha value is -3.19. The van der Waals surface area contributed by atoms with Gasteiger partial charge in [-0.25, -0.2) is 4.98 Å². The Balaban J connectivity index is 1.40. The number of thiazole rings is 1. The SMILES string of the molecule is Cc1nn(-c2nc3ccccc3s2)c2c1C(c1cccc(OC3CCCC3)c1)CC(=O)N2. The molecule has 7 heteroatoms. The van der Waals surface area contributed by atoms with Crippen molar-refractivity contribution in [2.24, 2.45) is 0 Å². The maximum atomic E-state index is 12.7. The van der Waals surface area contributed by atoms with E-state index < -0.39 is 0 Å². The molecule has 1 aliphatic carbocycles. The van der Waals surface area contributed by atoms with Crippen LogP contribution in [0.2, 0.25) is 0 Å². The third-order valence-electron chi connectivity index (χ3n) is 6.43. The molecule has 0 spiro atoms. The number of anilines is 1. The molecular weight excluding hydrogens is 420 g/mol. The maximum absolute atomic E-state index is 12.7. The van der Waals surface area contributed by atoms with Crippen molar-refractivity contribution in [3.63, 3.8) is 0 Å². The molecule has 6 rings (SSSR count). The van der Waals surface area contributed by atoms with E-state index in [0.29, 0.717) is 12.5 Å². The molecule has 1 N–H and O–H groups in total. The Bertz CT molecular complexity index is 1290. The number of nitrogens with one attached hydrogen (secondary N) is 1. The number of nitrogens with zero attached hydrogens (tertiary/aromatic N) is 3. The third-order valence-corrected chi connectivity index (χ3v) is 7.44. The largest absolute Gasteiger partial charge is 0.490 e. The number of carbonyl (C=O) groups excluding carboxylic acids is 1. The van der Waals surface area contributed by atoms with Crippen molar-refractivity contribution in [3.8, 4) is 10.9 Å². The molecule has 2 aliphatic rings. The van der Waals surface area contributed by atoms with E-state index in [1.54, 1.807) is 16.0 Å². The third kappa shape index (κ3) is 3.37. The first-order chi connectivity index (χ1) is 15.7. The molecule has 162 valence electrons. The van der Waals surface area contributed by atoms with Gasteiger partial charge in [-0.15, -0.1) is 0 Å². The first-order valence-corrected chi connectivity index (χ1v) is 12.0. The van der Waals surface area contributed by atoms with Gasteiger partial charge in [0.25, 0.3) is 0 Å². The highest BCUT2D eigenvalue weighted by molar-refractivity contribution is 7.20. The van der Waals surface area contributed by atoms with E-state index in [0.717, 1.165) is 56.6 Å². The zero-order valence-electron chi connectivity index (χ0n) is 17.9. The number of aryl methyl sites for hydroxylation is 1. The molecule has 1 amide bonds. The van der Waals surface area contributed by atoms with Crippen LogP contribution in [0.25, 0.3) is 15.3 Å². The number of rotatable bonds is 4. The van der Waals surface area contributed by atoms with Crippen molar-refractivity contribution in [3.05, 3.63) is 65.4 Å². The number of para-hydroxylation sites is 1. The maximum Gasteiger partial charge on any atom is 0.226 e. The van der Waals surface area contributed by atoms with Crippen molar-refractivity contribution < 1.29 is 9.53 Å². The first-order valence-electron chi connectivity index (χ1n) is 11.2. The normalized spacial score (nSPS) is 18.7. The van der Waals surface area contributed by atoms with E-state index in [9.17, 15) is 4.79 Å². The van der Waals surface area contributed by atoms with Gasteiger partial charge in [0.15, 0.2) is 0 Å². The number of hydrogen-bond donors (Lipinski definition) is 1. The zero-order valence-corrected chi connectivity index (χ0v) is 18.7. The van der Waals surface area contributed by atoms with Gasteiger partial charge in [0.05, 0.1) is 22.0 Å². The number of carbonyl (C=O) groups is 1. The van der Waals surface area contributed by atoms with E-state index >= 15 is 0 Å². The van der Waals surface area contributed by atoms with Crippen LogP contribution in [-0.4, -0.2) is 26.8 Å². The van der Waals surface area contributed by atoms with Crippen LogP contribution in [0.4, 0.5) is 5.82 Å². The number of hydrogen-bond acceptors (Lipinski definition) is 5. The predicted molar refractivity (Wildman–Crippen MR) is 126 cm³/mol. The fourth-order valence-electron chi connectivity index (χ4n) is 4.92. The van der Waals surface area contributed by atoms with Gasteiger partial charge in [0.1, 0.15) is 11.6 Å². The Morgan fingerprint density at radius 1 is 1.12 bits per heavy atom. The molecule has 1 fully saturated rings. The van der Waals surface area contributed by atoms with Gasteiger partial charge in [-0.05, 0) is 62.4 Å². The van der Waals surface area contributed by atoms with Crippen LogP contribution in [0.3, 0.4) is 0 Å². The van der Waals surface area contributed by atoms with Crippen molar-refractivity contribution in [1.82, 2.24) is 14.8 Å². The van der Waals surface area contributed by atoms with Crippen molar-refractivity contribution >= 4 is 33.3 Å². The number of amides is 1. The highest BCUT2D eigenvalue weighted by Crippen LogP contribution is 2.42. The predicted octanol–water partition coefficient (Wildman–Crippen LogP) is 5.59. The lowest BCUT2D eigenvalue weighted by Gasteiger charge is -2.24. The standard InChI is InChI=1S/C25H24N4O2S/c1-15-23-19(16-7-6-10-18(13-16)31-17-8-2-3-9-17)14-22(30)27-24(23)29(28-15)25-26-20-11-4-5-12-21(20)32-25/h4-7,10-13,17,19H,2-3,8-9,14H2,1H3,(H,27,30). The molecule has 32 heavy (non-hydrogen) atoms. The van der Waals surface area contributed by atoms with Gasteiger partial charge in [-0.3, -0.25) is 4.79 Å². The first kappa shape index (κ1) is 19.5. The van der Waals surface area contributed by atoms with Gasteiger partial charge in [-0.2, -0.15) is 9.78 Å². The molecular formula is C25H24N4O2S. The Morgan fingerprint density at radius 3 is 2.81 bits per heavy atom. The minimum absolute atomic E-state index is 0.00752. The van der Waals surface area contributed by atoms with Crippen LogP contribution in [0.1, 0.15) is 54.8 Å². The topological polar surface area (TPSA) is 69.0 Å². The van der Waals surface area contributed by atoms with E-state index in [1.165, 1.54) is 12.8 Å². The van der Waals surface area contributed by atoms with Gasteiger partial charge < -0.3 is 10.1 Å². The quantitative estimate of drug-likeness (QED) is 0.446. The fraction of sp³-hybridized carbons (Fsp3) is 0.320. The molecule has 4 aromatic rings. The summed E-state index contributed by atoms with van der Waals surface area (Å²) in [4.78, 5) is 17.5. The molecule has 3 heterocycles. The summed E-state index contributed by atoms with van der Waals surface area (Å²) in [5.41, 5.74) is 3.99. The van der Waals surface area contributed by atoms with Crippen LogP contribution in [0.5, 0.6) is 5.75 Å². The summed E-state index contributed by atoms with van der Waals surface area (Å²) in [5.74, 6) is 1.55. The lowest BCUT2D eigenvalue weighted by Crippen LogP contribution is -2.25. The van der Waals surface area contributed by atoms with Gasteiger partial charge in [0.2, 0.25) is 11.0 Å². The minimum Gasteiger partial charge on any atom is -0.490 e. The molecule has 0 bridgehead atoms. The Labute approximate surface area is 190 Å². The van der Waals surface area contributed by atoms with E-state index in [-0.39, 0.29) is 11.8 Å². The van der Waals surface area contributed by atoms with Gasteiger partial charge in [0, 0.05) is 17.9 Å². The molecule has 1 atom stereocenters. The van der Waals surface area contributed by atoms with Crippen LogP contribution >= 0.6 is 11.3 Å². The molecule has 1 unspecified atom stereocenters. The number of ether oxygens (including phenoxy) is 1. The lowest BCUT2D eigenvalue weighted by atomic mass is 9.86. The summed E-state index contributed by atoms with van der Waals surface area (Å²) in [5, 5.41) is 8.61. The number of fused-ring (bicyclic) bond motifs is 2. The average molecular weight is 445 g/mol. The molecule has 0 saturated heterocycles. The Kier molecular flexibility index (Phi) is 4.72. The fourth-order valence-corrected chi connectivity index (χ4v) is 5.85. The second-order valence-corrected chi connectivity index (χ2v) is 9.63. The summed E-state index contributed by atoms with van der Waals surface area (Å²) in [6.07, 6.45) is 5.41.